The first-order valence-electron chi connectivity index (χ1n) is 6.62. The summed E-state index contributed by atoms with van der Waals surface area (Å²) in [6.07, 6.45) is -4.39. The van der Waals surface area contributed by atoms with Crippen molar-refractivity contribution in [2.45, 2.75) is 18.8 Å². The lowest BCUT2D eigenvalue weighted by Gasteiger charge is -2.28. The van der Waals surface area contributed by atoms with E-state index in [-0.39, 0.29) is 5.95 Å². The van der Waals surface area contributed by atoms with Gasteiger partial charge in [0, 0.05) is 26.2 Å². The van der Waals surface area contributed by atoms with E-state index in [9.17, 15) is 18.0 Å². The van der Waals surface area contributed by atoms with Crippen LogP contribution in [0, 0.1) is 0 Å². The zero-order valence-corrected chi connectivity index (χ0v) is 11.4. The Hall–Kier alpha value is -1.77. The van der Waals surface area contributed by atoms with Crippen molar-refractivity contribution >= 4 is 11.8 Å². The summed E-state index contributed by atoms with van der Waals surface area (Å²) in [5.74, 6) is 0.468. The van der Waals surface area contributed by atoms with Crippen molar-refractivity contribution < 1.29 is 17.9 Å². The molecule has 0 aliphatic carbocycles. The maximum Gasteiger partial charge on any atom is 0.410 e. The van der Waals surface area contributed by atoms with Gasteiger partial charge in [-0.3, -0.25) is 9.36 Å². The number of anilines is 2. The second-order valence-corrected chi connectivity index (χ2v) is 5.13. The fourth-order valence-corrected chi connectivity index (χ4v) is 2.64. The van der Waals surface area contributed by atoms with Gasteiger partial charge in [-0.05, 0) is 0 Å². The molecule has 1 unspecified atom stereocenters. The van der Waals surface area contributed by atoms with E-state index in [1.54, 1.807) is 0 Å². The zero-order chi connectivity index (χ0) is 15.2. The van der Waals surface area contributed by atoms with Crippen LogP contribution in [0.15, 0.2) is 10.9 Å². The number of fused-ring (bicyclic) bond motifs is 1. The average Bonchev–Trinajstić information content (AvgIpc) is 2.78. The molecule has 1 aromatic heterocycles. The maximum atomic E-state index is 13.0. The van der Waals surface area contributed by atoms with Gasteiger partial charge in [0.25, 0.3) is 5.56 Å². The minimum atomic E-state index is -4.39. The quantitative estimate of drug-likeness (QED) is 0.754. The maximum absolute atomic E-state index is 13.0. The Morgan fingerprint density at radius 2 is 2.00 bits per heavy atom. The van der Waals surface area contributed by atoms with Crippen molar-refractivity contribution in [1.82, 2.24) is 9.55 Å². The molecule has 0 aromatic carbocycles. The van der Waals surface area contributed by atoms with Crippen molar-refractivity contribution in [1.29, 1.82) is 0 Å². The third-order valence-electron chi connectivity index (χ3n) is 3.83. The molecule has 2 aliphatic rings. The number of alkyl halides is 3. The van der Waals surface area contributed by atoms with E-state index >= 15 is 0 Å². The lowest BCUT2D eigenvalue weighted by Crippen LogP contribution is -2.41. The topological polar surface area (TPSA) is 50.6 Å². The zero-order valence-electron chi connectivity index (χ0n) is 11.4. The second kappa shape index (κ2) is 4.90. The van der Waals surface area contributed by atoms with Crippen molar-refractivity contribution in [3.63, 3.8) is 0 Å². The van der Waals surface area contributed by atoms with E-state index in [4.69, 9.17) is 4.74 Å². The Bertz CT molecular complexity index is 595. The summed E-state index contributed by atoms with van der Waals surface area (Å²) < 4.78 is 45.1. The summed E-state index contributed by atoms with van der Waals surface area (Å²) in [5, 5.41) is 0. The molecule has 0 saturated carbocycles. The molecule has 116 valence electrons. The smallest absolute Gasteiger partial charge is 0.378 e. The van der Waals surface area contributed by atoms with Gasteiger partial charge in [-0.25, -0.2) is 0 Å². The standard InChI is InChI=1S/C12H15F3N4O2/c1-17-8(12(13,14)15)7-19-10(20)6-9(16-11(17)19)18-2-4-21-5-3-18/h6,8H,2-5,7H2,1H3. The number of halogens is 3. The number of morpholine rings is 1. The molecule has 1 fully saturated rings. The van der Waals surface area contributed by atoms with E-state index in [1.807, 2.05) is 4.90 Å². The molecular weight excluding hydrogens is 289 g/mol. The Balaban J connectivity index is 1.96. The molecule has 0 N–H and O–H groups in total. The predicted octanol–water partition coefficient (Wildman–Crippen LogP) is 0.461. The summed E-state index contributed by atoms with van der Waals surface area (Å²) in [7, 11) is 1.31. The van der Waals surface area contributed by atoms with Crippen molar-refractivity contribution in [3.8, 4) is 0 Å². The SMILES string of the molecule is CN1c2nc(N3CCOCC3)cc(=O)n2CC1C(F)(F)F. The molecule has 1 aromatic rings. The highest BCUT2D eigenvalue weighted by molar-refractivity contribution is 5.47. The van der Waals surface area contributed by atoms with E-state index in [1.165, 1.54) is 13.1 Å². The molecule has 21 heavy (non-hydrogen) atoms. The van der Waals surface area contributed by atoms with E-state index in [0.717, 1.165) is 9.47 Å². The van der Waals surface area contributed by atoms with Crippen molar-refractivity contribution in [3.05, 3.63) is 16.4 Å². The molecule has 3 rings (SSSR count). The van der Waals surface area contributed by atoms with Crippen LogP contribution in [-0.4, -0.2) is 55.1 Å². The molecule has 3 heterocycles. The molecule has 0 bridgehead atoms. The van der Waals surface area contributed by atoms with Crippen molar-refractivity contribution in [2.75, 3.05) is 43.2 Å². The molecule has 0 radical (unpaired) electrons. The van der Waals surface area contributed by atoms with Gasteiger partial charge in [-0.15, -0.1) is 0 Å². The van der Waals surface area contributed by atoms with Crippen LogP contribution < -0.4 is 15.4 Å². The normalized spacial score (nSPS) is 22.6. The fraction of sp³-hybridized carbons (Fsp3) is 0.667. The minimum Gasteiger partial charge on any atom is -0.378 e. The van der Waals surface area contributed by atoms with Crippen LogP contribution in [0.3, 0.4) is 0 Å². The molecule has 0 spiro atoms. The Kier molecular flexibility index (Phi) is 3.31. The highest BCUT2D eigenvalue weighted by atomic mass is 19.4. The summed E-state index contributed by atoms with van der Waals surface area (Å²) in [5.41, 5.74) is -0.458. The highest BCUT2D eigenvalue weighted by Gasteiger charge is 2.47. The third kappa shape index (κ3) is 2.45. The van der Waals surface area contributed by atoms with Gasteiger partial charge in [-0.1, -0.05) is 0 Å². The van der Waals surface area contributed by atoms with Gasteiger partial charge in [0.1, 0.15) is 11.9 Å². The first-order valence-corrected chi connectivity index (χ1v) is 6.62. The lowest BCUT2D eigenvalue weighted by molar-refractivity contribution is -0.147. The summed E-state index contributed by atoms with van der Waals surface area (Å²) in [4.78, 5) is 19.2. The molecule has 9 heteroatoms. The number of rotatable bonds is 1. The molecule has 2 aliphatic heterocycles. The van der Waals surface area contributed by atoms with Crippen LogP contribution in [-0.2, 0) is 11.3 Å². The first kappa shape index (κ1) is 14.2. The van der Waals surface area contributed by atoms with E-state index in [2.05, 4.69) is 4.98 Å². The fourth-order valence-electron chi connectivity index (χ4n) is 2.64. The van der Waals surface area contributed by atoms with Crippen LogP contribution in [0.5, 0.6) is 0 Å². The molecule has 0 amide bonds. The Morgan fingerprint density at radius 1 is 1.33 bits per heavy atom. The van der Waals surface area contributed by atoms with Crippen LogP contribution in [0.2, 0.25) is 0 Å². The number of hydrogen-bond donors (Lipinski definition) is 0. The Morgan fingerprint density at radius 3 is 2.62 bits per heavy atom. The second-order valence-electron chi connectivity index (χ2n) is 5.13. The molecule has 1 atom stereocenters. The van der Waals surface area contributed by atoms with Gasteiger partial charge in [0.05, 0.1) is 19.8 Å². The van der Waals surface area contributed by atoms with Gasteiger partial charge < -0.3 is 14.5 Å². The molecule has 6 nitrogen and oxygen atoms in total. The molecule has 1 saturated heterocycles. The van der Waals surface area contributed by atoms with Crippen LogP contribution >= 0.6 is 0 Å². The third-order valence-corrected chi connectivity index (χ3v) is 3.83. The average molecular weight is 304 g/mol. The van der Waals surface area contributed by atoms with E-state index < -0.39 is 24.3 Å². The van der Waals surface area contributed by atoms with Crippen LogP contribution in [0.25, 0.3) is 0 Å². The summed E-state index contributed by atoms with van der Waals surface area (Å²) in [6, 6.07) is -0.417. The van der Waals surface area contributed by atoms with Crippen molar-refractivity contribution in [2.24, 2.45) is 0 Å². The summed E-state index contributed by atoms with van der Waals surface area (Å²) in [6.45, 7) is 1.76. The summed E-state index contributed by atoms with van der Waals surface area (Å²) >= 11 is 0. The van der Waals surface area contributed by atoms with Gasteiger partial charge in [-0.2, -0.15) is 18.2 Å². The number of nitrogens with zero attached hydrogens (tertiary/aromatic N) is 4. The lowest BCUT2D eigenvalue weighted by atomic mass is 10.3. The molecular formula is C12H15F3N4O2. The van der Waals surface area contributed by atoms with Crippen LogP contribution in [0.1, 0.15) is 0 Å². The predicted molar refractivity (Wildman–Crippen MR) is 69.8 cm³/mol. The largest absolute Gasteiger partial charge is 0.410 e. The van der Waals surface area contributed by atoms with Gasteiger partial charge in [0.2, 0.25) is 5.95 Å². The number of hydrogen-bond acceptors (Lipinski definition) is 5. The van der Waals surface area contributed by atoms with Crippen LogP contribution in [0.4, 0.5) is 24.9 Å². The highest BCUT2D eigenvalue weighted by Crippen LogP contribution is 2.33. The van der Waals surface area contributed by atoms with E-state index in [0.29, 0.717) is 32.1 Å². The first-order chi connectivity index (χ1) is 9.88. The monoisotopic (exact) mass is 304 g/mol. The van der Waals surface area contributed by atoms with Gasteiger partial charge >= 0.3 is 6.18 Å². The minimum absolute atomic E-state index is 0.0614. The Labute approximate surface area is 118 Å². The number of aromatic nitrogens is 2. The number of ether oxygens (including phenoxy) is 1. The number of likely N-dealkylation sites (N-methyl/N-ethyl adjacent to an activating group) is 1. The van der Waals surface area contributed by atoms with Gasteiger partial charge in [0.15, 0.2) is 0 Å².